The van der Waals surface area contributed by atoms with Gasteiger partial charge >= 0.3 is 0 Å². The zero-order valence-electron chi connectivity index (χ0n) is 8.05. The summed E-state index contributed by atoms with van der Waals surface area (Å²) in [5.41, 5.74) is 1.68. The van der Waals surface area contributed by atoms with E-state index in [1.807, 2.05) is 0 Å². The van der Waals surface area contributed by atoms with Crippen molar-refractivity contribution < 1.29 is 0 Å². The highest BCUT2D eigenvalue weighted by atomic mass is 15.2. The predicted octanol–water partition coefficient (Wildman–Crippen LogP) is 2.79. The van der Waals surface area contributed by atoms with Crippen LogP contribution in [0.2, 0.25) is 0 Å². The first-order valence-corrected chi connectivity index (χ1v) is 5.37. The van der Waals surface area contributed by atoms with E-state index >= 15 is 0 Å². The lowest BCUT2D eigenvalue weighted by Crippen LogP contribution is -2.20. The molecule has 2 rings (SSSR count). The molecule has 0 spiro atoms. The second-order valence-electron chi connectivity index (χ2n) is 4.03. The fourth-order valence-corrected chi connectivity index (χ4v) is 2.56. The minimum absolute atomic E-state index is 0.935. The second-order valence-corrected chi connectivity index (χ2v) is 4.03. The Balaban J connectivity index is 2.04. The largest absolute Gasteiger partial charge is 0.375 e. The van der Waals surface area contributed by atoms with Crippen molar-refractivity contribution in [1.82, 2.24) is 4.90 Å². The van der Waals surface area contributed by atoms with E-state index in [0.29, 0.717) is 0 Å². The van der Waals surface area contributed by atoms with Crippen LogP contribution in [0.5, 0.6) is 0 Å². The van der Waals surface area contributed by atoms with Crippen molar-refractivity contribution in [3.05, 3.63) is 11.8 Å². The Labute approximate surface area is 75.4 Å². The van der Waals surface area contributed by atoms with Crippen LogP contribution in [0.1, 0.15) is 39.0 Å². The number of fused-ring (bicyclic) bond motifs is 1. The van der Waals surface area contributed by atoms with E-state index < -0.39 is 0 Å². The van der Waals surface area contributed by atoms with Gasteiger partial charge in [-0.15, -0.1) is 0 Å². The predicted molar refractivity (Wildman–Crippen MR) is 51.9 cm³/mol. The molecule has 0 aromatic rings. The van der Waals surface area contributed by atoms with Crippen LogP contribution in [0.15, 0.2) is 11.8 Å². The lowest BCUT2D eigenvalue weighted by Gasteiger charge is -2.24. The van der Waals surface area contributed by atoms with Gasteiger partial charge in [0.15, 0.2) is 0 Å². The Kier molecular flexibility index (Phi) is 2.38. The van der Waals surface area contributed by atoms with Crippen LogP contribution in [0, 0.1) is 5.92 Å². The van der Waals surface area contributed by atoms with Gasteiger partial charge in [-0.3, -0.25) is 0 Å². The molecule has 1 nitrogen and oxygen atoms in total. The summed E-state index contributed by atoms with van der Waals surface area (Å²) in [5.74, 6) is 0.935. The Morgan fingerprint density at radius 3 is 3.25 bits per heavy atom. The number of allylic oxidation sites excluding steroid dienone is 2. The van der Waals surface area contributed by atoms with E-state index in [-0.39, 0.29) is 0 Å². The standard InChI is InChI=1S/C11H19N/c1-2-8-12-9-7-10-5-3-4-6-11(10)12/h6,10H,2-5,7-9H2,1H3. The van der Waals surface area contributed by atoms with Crippen molar-refractivity contribution in [2.24, 2.45) is 5.92 Å². The first-order valence-electron chi connectivity index (χ1n) is 5.37. The normalized spacial score (nSPS) is 28.6. The van der Waals surface area contributed by atoms with Gasteiger partial charge in [0, 0.05) is 24.7 Å². The highest BCUT2D eigenvalue weighted by Gasteiger charge is 2.27. The molecule has 2 aliphatic rings. The molecule has 0 aromatic heterocycles. The van der Waals surface area contributed by atoms with Crippen molar-refractivity contribution >= 4 is 0 Å². The van der Waals surface area contributed by atoms with E-state index in [9.17, 15) is 0 Å². The summed E-state index contributed by atoms with van der Waals surface area (Å²) in [6.45, 7) is 4.88. The Hall–Kier alpha value is -0.460. The van der Waals surface area contributed by atoms with Gasteiger partial charge < -0.3 is 4.90 Å². The Bertz CT molecular complexity index is 183. The molecule has 1 atom stereocenters. The molecule has 12 heavy (non-hydrogen) atoms. The maximum atomic E-state index is 2.60. The molecule has 0 radical (unpaired) electrons. The second kappa shape index (κ2) is 3.51. The topological polar surface area (TPSA) is 3.24 Å². The van der Waals surface area contributed by atoms with Crippen molar-refractivity contribution in [2.45, 2.75) is 39.0 Å². The molecule has 1 fully saturated rings. The highest BCUT2D eigenvalue weighted by Crippen LogP contribution is 2.35. The van der Waals surface area contributed by atoms with Gasteiger partial charge in [0.25, 0.3) is 0 Å². The number of likely N-dealkylation sites (tertiary alicyclic amines) is 1. The van der Waals surface area contributed by atoms with Crippen molar-refractivity contribution in [1.29, 1.82) is 0 Å². The van der Waals surface area contributed by atoms with Gasteiger partial charge in [0.2, 0.25) is 0 Å². The third-order valence-electron chi connectivity index (χ3n) is 3.13. The van der Waals surface area contributed by atoms with Crippen LogP contribution in [-0.4, -0.2) is 18.0 Å². The molecule has 1 saturated heterocycles. The first kappa shape index (κ1) is 8.15. The SMILES string of the molecule is CCCN1CCC2CCCC=C21. The van der Waals surface area contributed by atoms with Gasteiger partial charge in [-0.25, -0.2) is 0 Å². The molecule has 0 amide bonds. The lowest BCUT2D eigenvalue weighted by atomic mass is 9.92. The highest BCUT2D eigenvalue weighted by molar-refractivity contribution is 5.13. The van der Waals surface area contributed by atoms with Crippen molar-refractivity contribution in [3.8, 4) is 0 Å². The molecule has 0 bridgehead atoms. The van der Waals surface area contributed by atoms with E-state index in [1.165, 1.54) is 45.2 Å². The average molecular weight is 165 g/mol. The third kappa shape index (κ3) is 1.37. The zero-order valence-corrected chi connectivity index (χ0v) is 8.05. The molecule has 1 aliphatic heterocycles. The molecular formula is C11H19N. The van der Waals surface area contributed by atoms with Crippen LogP contribution in [0.3, 0.4) is 0 Å². The van der Waals surface area contributed by atoms with E-state index in [2.05, 4.69) is 17.9 Å². The molecule has 0 N–H and O–H groups in total. The summed E-state index contributed by atoms with van der Waals surface area (Å²) in [5, 5.41) is 0. The molecule has 68 valence electrons. The molecule has 0 saturated carbocycles. The van der Waals surface area contributed by atoms with E-state index in [4.69, 9.17) is 0 Å². The number of nitrogens with zero attached hydrogens (tertiary/aromatic N) is 1. The summed E-state index contributed by atoms with van der Waals surface area (Å²) in [7, 11) is 0. The maximum Gasteiger partial charge on any atom is 0.0181 e. The third-order valence-corrected chi connectivity index (χ3v) is 3.13. The maximum absolute atomic E-state index is 2.60. The fraction of sp³-hybridized carbons (Fsp3) is 0.818. The molecule has 1 heteroatoms. The summed E-state index contributed by atoms with van der Waals surface area (Å²) in [4.78, 5) is 2.60. The van der Waals surface area contributed by atoms with Crippen LogP contribution in [0.25, 0.3) is 0 Å². The molecule has 1 heterocycles. The van der Waals surface area contributed by atoms with E-state index in [1.54, 1.807) is 5.70 Å². The van der Waals surface area contributed by atoms with Gasteiger partial charge in [-0.2, -0.15) is 0 Å². The number of hydrogen-bond donors (Lipinski definition) is 0. The average Bonchev–Trinajstić information content (AvgIpc) is 2.50. The summed E-state index contributed by atoms with van der Waals surface area (Å²) in [6, 6.07) is 0. The van der Waals surface area contributed by atoms with Crippen molar-refractivity contribution in [3.63, 3.8) is 0 Å². The Morgan fingerprint density at radius 1 is 1.50 bits per heavy atom. The van der Waals surface area contributed by atoms with Crippen LogP contribution in [-0.2, 0) is 0 Å². The minimum Gasteiger partial charge on any atom is -0.375 e. The van der Waals surface area contributed by atoms with Crippen LogP contribution in [0.4, 0.5) is 0 Å². The lowest BCUT2D eigenvalue weighted by molar-refractivity contribution is 0.379. The molecule has 1 aliphatic carbocycles. The molecule has 0 aromatic carbocycles. The van der Waals surface area contributed by atoms with Gasteiger partial charge in [-0.05, 0) is 32.1 Å². The minimum atomic E-state index is 0.935. The number of rotatable bonds is 2. The summed E-state index contributed by atoms with van der Waals surface area (Å²) < 4.78 is 0. The van der Waals surface area contributed by atoms with Gasteiger partial charge in [-0.1, -0.05) is 13.0 Å². The number of hydrogen-bond acceptors (Lipinski definition) is 1. The first-order chi connectivity index (χ1) is 5.92. The summed E-state index contributed by atoms with van der Waals surface area (Å²) >= 11 is 0. The smallest absolute Gasteiger partial charge is 0.0181 e. The quantitative estimate of drug-likeness (QED) is 0.608. The van der Waals surface area contributed by atoms with Gasteiger partial charge in [0.1, 0.15) is 0 Å². The van der Waals surface area contributed by atoms with Gasteiger partial charge in [0.05, 0.1) is 0 Å². The van der Waals surface area contributed by atoms with Crippen molar-refractivity contribution in [2.75, 3.05) is 13.1 Å². The van der Waals surface area contributed by atoms with Crippen LogP contribution >= 0.6 is 0 Å². The molecular weight excluding hydrogens is 146 g/mol. The zero-order chi connectivity index (χ0) is 8.39. The van der Waals surface area contributed by atoms with E-state index in [0.717, 1.165) is 5.92 Å². The van der Waals surface area contributed by atoms with Crippen LogP contribution < -0.4 is 0 Å². The fourth-order valence-electron chi connectivity index (χ4n) is 2.56. The Morgan fingerprint density at radius 2 is 2.42 bits per heavy atom. The molecule has 1 unspecified atom stereocenters. The summed E-state index contributed by atoms with van der Waals surface area (Å²) in [6.07, 6.45) is 9.40. The monoisotopic (exact) mass is 165 g/mol.